The molecular weight excluding hydrogens is 241 g/mol. The monoisotopic (exact) mass is 258 g/mol. The normalized spacial score (nSPS) is 17.8. The first-order valence-electron chi connectivity index (χ1n) is 6.20. The second kappa shape index (κ2) is 5.26. The van der Waals surface area contributed by atoms with Crippen molar-refractivity contribution in [3.63, 3.8) is 0 Å². The summed E-state index contributed by atoms with van der Waals surface area (Å²) in [5.41, 5.74) is -0.272. The molecule has 0 saturated heterocycles. The van der Waals surface area contributed by atoms with Gasteiger partial charge in [-0.2, -0.15) is 13.2 Å². The Morgan fingerprint density at radius 2 is 2.17 bits per heavy atom. The molecule has 1 aromatic rings. The van der Waals surface area contributed by atoms with Crippen molar-refractivity contribution >= 4 is 0 Å². The molecule has 1 aromatic heterocycles. The average molecular weight is 258 g/mol. The number of pyridine rings is 1. The van der Waals surface area contributed by atoms with E-state index < -0.39 is 11.7 Å². The first-order valence-corrected chi connectivity index (χ1v) is 6.20. The van der Waals surface area contributed by atoms with Crippen molar-refractivity contribution in [3.05, 3.63) is 29.6 Å². The van der Waals surface area contributed by atoms with Crippen LogP contribution in [0, 0.1) is 5.92 Å². The van der Waals surface area contributed by atoms with Crippen molar-refractivity contribution in [3.8, 4) is 0 Å². The van der Waals surface area contributed by atoms with Crippen LogP contribution >= 0.6 is 0 Å². The van der Waals surface area contributed by atoms with Crippen LogP contribution in [0.2, 0.25) is 0 Å². The van der Waals surface area contributed by atoms with E-state index in [1.54, 1.807) is 0 Å². The number of rotatable bonds is 5. The molecule has 0 bridgehead atoms. The SMILES string of the molecule is CC(CNC1CC1)Cc1cnccc1C(F)(F)F. The first kappa shape index (κ1) is 13.3. The van der Waals surface area contributed by atoms with Gasteiger partial charge >= 0.3 is 6.18 Å². The molecule has 1 atom stereocenters. The molecule has 5 heteroatoms. The third-order valence-corrected chi connectivity index (χ3v) is 3.11. The van der Waals surface area contributed by atoms with Gasteiger partial charge in [0.05, 0.1) is 5.56 Å². The van der Waals surface area contributed by atoms with Crippen molar-refractivity contribution < 1.29 is 13.2 Å². The lowest BCUT2D eigenvalue weighted by Crippen LogP contribution is -2.25. The topological polar surface area (TPSA) is 24.9 Å². The molecule has 1 unspecified atom stereocenters. The van der Waals surface area contributed by atoms with Crippen LogP contribution in [0.5, 0.6) is 0 Å². The molecule has 0 amide bonds. The quantitative estimate of drug-likeness (QED) is 0.878. The Balaban J connectivity index is 1.98. The first-order chi connectivity index (χ1) is 8.47. The smallest absolute Gasteiger partial charge is 0.314 e. The summed E-state index contributed by atoms with van der Waals surface area (Å²) < 4.78 is 38.3. The van der Waals surface area contributed by atoms with Crippen LogP contribution in [-0.4, -0.2) is 17.6 Å². The Bertz CT molecular complexity index is 399. The molecule has 18 heavy (non-hydrogen) atoms. The fourth-order valence-electron chi connectivity index (χ4n) is 1.97. The van der Waals surface area contributed by atoms with Gasteiger partial charge in [-0.3, -0.25) is 4.98 Å². The van der Waals surface area contributed by atoms with Crippen LogP contribution in [0.4, 0.5) is 13.2 Å². The molecule has 1 aliphatic carbocycles. The van der Waals surface area contributed by atoms with E-state index in [9.17, 15) is 13.2 Å². The molecule has 0 radical (unpaired) electrons. The lowest BCUT2D eigenvalue weighted by Gasteiger charge is -2.16. The maximum Gasteiger partial charge on any atom is 0.416 e. The van der Waals surface area contributed by atoms with E-state index in [0.29, 0.717) is 12.5 Å². The number of nitrogens with one attached hydrogen (secondary N) is 1. The zero-order valence-electron chi connectivity index (χ0n) is 10.3. The summed E-state index contributed by atoms with van der Waals surface area (Å²) in [5, 5.41) is 3.33. The molecule has 0 aromatic carbocycles. The third kappa shape index (κ3) is 3.70. The van der Waals surface area contributed by atoms with E-state index in [2.05, 4.69) is 10.3 Å². The third-order valence-electron chi connectivity index (χ3n) is 3.11. The zero-order chi connectivity index (χ0) is 13.2. The number of hydrogen-bond donors (Lipinski definition) is 1. The molecule has 1 fully saturated rings. The van der Waals surface area contributed by atoms with Crippen molar-refractivity contribution in [2.75, 3.05) is 6.54 Å². The Morgan fingerprint density at radius 3 is 2.78 bits per heavy atom. The van der Waals surface area contributed by atoms with Crippen LogP contribution in [0.1, 0.15) is 30.9 Å². The van der Waals surface area contributed by atoms with Gasteiger partial charge in [0.2, 0.25) is 0 Å². The van der Waals surface area contributed by atoms with Crippen molar-refractivity contribution in [2.45, 2.75) is 38.4 Å². The molecule has 0 aliphatic heterocycles. The summed E-state index contributed by atoms with van der Waals surface area (Å²) in [6, 6.07) is 1.64. The second-order valence-corrected chi connectivity index (χ2v) is 5.02. The molecule has 2 nitrogen and oxygen atoms in total. The zero-order valence-corrected chi connectivity index (χ0v) is 10.3. The molecule has 1 saturated carbocycles. The van der Waals surface area contributed by atoms with Gasteiger partial charge in [0.15, 0.2) is 0 Å². The van der Waals surface area contributed by atoms with Gasteiger partial charge in [-0.05, 0) is 43.4 Å². The van der Waals surface area contributed by atoms with Gasteiger partial charge < -0.3 is 5.32 Å². The van der Waals surface area contributed by atoms with E-state index in [1.165, 1.54) is 25.2 Å². The molecule has 100 valence electrons. The summed E-state index contributed by atoms with van der Waals surface area (Å²) in [4.78, 5) is 3.80. The van der Waals surface area contributed by atoms with Gasteiger partial charge in [0.25, 0.3) is 0 Å². The maximum atomic E-state index is 12.8. The largest absolute Gasteiger partial charge is 0.416 e. The molecule has 1 aliphatic rings. The molecule has 2 rings (SSSR count). The summed E-state index contributed by atoms with van der Waals surface area (Å²) in [6.07, 6.45) is 1.01. The minimum Gasteiger partial charge on any atom is -0.314 e. The molecule has 0 spiro atoms. The van der Waals surface area contributed by atoms with Crippen molar-refractivity contribution in [2.24, 2.45) is 5.92 Å². The van der Waals surface area contributed by atoms with E-state index in [4.69, 9.17) is 0 Å². The minimum atomic E-state index is -4.29. The Kier molecular flexibility index (Phi) is 3.90. The highest BCUT2D eigenvalue weighted by atomic mass is 19.4. The Morgan fingerprint density at radius 1 is 1.44 bits per heavy atom. The van der Waals surface area contributed by atoms with Crippen LogP contribution in [0.25, 0.3) is 0 Å². The average Bonchev–Trinajstić information content (AvgIpc) is 3.09. The molecular formula is C13H17F3N2. The van der Waals surface area contributed by atoms with Crippen LogP contribution in [0.3, 0.4) is 0 Å². The van der Waals surface area contributed by atoms with Gasteiger partial charge in [-0.25, -0.2) is 0 Å². The van der Waals surface area contributed by atoms with Gasteiger partial charge in [-0.1, -0.05) is 6.92 Å². The van der Waals surface area contributed by atoms with E-state index in [1.807, 2.05) is 6.92 Å². The van der Waals surface area contributed by atoms with E-state index in [0.717, 1.165) is 12.6 Å². The number of alkyl halides is 3. The van der Waals surface area contributed by atoms with E-state index in [-0.39, 0.29) is 11.5 Å². The van der Waals surface area contributed by atoms with Crippen LogP contribution in [-0.2, 0) is 12.6 Å². The number of halogens is 3. The van der Waals surface area contributed by atoms with Crippen molar-refractivity contribution in [1.82, 2.24) is 10.3 Å². The van der Waals surface area contributed by atoms with Crippen LogP contribution < -0.4 is 5.32 Å². The van der Waals surface area contributed by atoms with Gasteiger partial charge in [0, 0.05) is 18.4 Å². The Hall–Kier alpha value is -1.10. The minimum absolute atomic E-state index is 0.177. The molecule has 1 N–H and O–H groups in total. The highest BCUT2D eigenvalue weighted by Crippen LogP contribution is 2.32. The predicted molar refractivity (Wildman–Crippen MR) is 63.1 cm³/mol. The number of aromatic nitrogens is 1. The van der Waals surface area contributed by atoms with Crippen molar-refractivity contribution in [1.29, 1.82) is 0 Å². The number of nitrogens with zero attached hydrogens (tertiary/aromatic N) is 1. The molecule has 1 heterocycles. The lowest BCUT2D eigenvalue weighted by atomic mass is 9.98. The van der Waals surface area contributed by atoms with Crippen LogP contribution in [0.15, 0.2) is 18.5 Å². The maximum absolute atomic E-state index is 12.8. The summed E-state index contributed by atoms with van der Waals surface area (Å²) in [6.45, 7) is 2.72. The van der Waals surface area contributed by atoms with Gasteiger partial charge in [0.1, 0.15) is 0 Å². The second-order valence-electron chi connectivity index (χ2n) is 5.02. The Labute approximate surface area is 105 Å². The summed E-state index contributed by atoms with van der Waals surface area (Å²) in [5.74, 6) is 0.177. The highest BCUT2D eigenvalue weighted by molar-refractivity contribution is 5.26. The lowest BCUT2D eigenvalue weighted by molar-refractivity contribution is -0.138. The number of hydrogen-bond acceptors (Lipinski definition) is 2. The van der Waals surface area contributed by atoms with E-state index >= 15 is 0 Å². The summed E-state index contributed by atoms with van der Waals surface area (Å²) in [7, 11) is 0. The fraction of sp³-hybridized carbons (Fsp3) is 0.615. The fourth-order valence-corrected chi connectivity index (χ4v) is 1.97. The predicted octanol–water partition coefficient (Wildman–Crippen LogP) is 3.03. The highest BCUT2D eigenvalue weighted by Gasteiger charge is 2.33. The summed E-state index contributed by atoms with van der Waals surface area (Å²) >= 11 is 0. The van der Waals surface area contributed by atoms with Gasteiger partial charge in [-0.15, -0.1) is 0 Å². The standard InChI is InChI=1S/C13H17F3N2/c1-9(7-18-11-2-3-11)6-10-8-17-5-4-12(10)13(14,15)16/h4-5,8-9,11,18H,2-3,6-7H2,1H3.